The Morgan fingerprint density at radius 3 is 2.19 bits per heavy atom. The van der Waals surface area contributed by atoms with Crippen LogP contribution >= 0.6 is 0 Å². The van der Waals surface area contributed by atoms with Gasteiger partial charge in [0.05, 0.1) is 0 Å². The number of aryl methyl sites for hydroxylation is 2. The number of amides is 1. The minimum absolute atomic E-state index is 0.0112. The fourth-order valence-corrected chi connectivity index (χ4v) is 2.36. The standard InChI is InChI=1S/C18H22N2O/c1-4-17(18(21)20-15-8-6-5-7-9-15)19-16-11-13(2)10-14(3)12-16/h5-12,17,19H,4H2,1-3H3,(H,20,21)/t17-/m1/s1. The molecule has 0 saturated heterocycles. The normalized spacial score (nSPS) is 11.8. The van der Waals surface area contributed by atoms with Gasteiger partial charge < -0.3 is 10.6 Å². The molecule has 0 aromatic heterocycles. The van der Waals surface area contributed by atoms with Crippen LogP contribution in [-0.2, 0) is 4.79 Å². The van der Waals surface area contributed by atoms with Crippen LogP contribution in [0.1, 0.15) is 24.5 Å². The Morgan fingerprint density at radius 1 is 1.00 bits per heavy atom. The van der Waals surface area contributed by atoms with Gasteiger partial charge >= 0.3 is 0 Å². The van der Waals surface area contributed by atoms with Crippen LogP contribution in [0.15, 0.2) is 48.5 Å². The lowest BCUT2D eigenvalue weighted by molar-refractivity contribution is -0.116. The van der Waals surface area contributed by atoms with Crippen LogP contribution in [0.3, 0.4) is 0 Å². The van der Waals surface area contributed by atoms with Crippen molar-refractivity contribution in [1.29, 1.82) is 0 Å². The zero-order valence-corrected chi connectivity index (χ0v) is 12.8. The SMILES string of the molecule is CC[C@@H](Nc1cc(C)cc(C)c1)C(=O)Nc1ccccc1. The first-order valence-electron chi connectivity index (χ1n) is 7.29. The Hall–Kier alpha value is -2.29. The van der Waals surface area contributed by atoms with E-state index in [1.54, 1.807) is 0 Å². The van der Waals surface area contributed by atoms with Gasteiger partial charge in [-0.2, -0.15) is 0 Å². The van der Waals surface area contributed by atoms with Crippen LogP contribution < -0.4 is 10.6 Å². The lowest BCUT2D eigenvalue weighted by atomic mass is 10.1. The molecule has 0 spiro atoms. The number of hydrogen-bond acceptors (Lipinski definition) is 2. The fourth-order valence-electron chi connectivity index (χ4n) is 2.36. The Balaban J connectivity index is 2.07. The highest BCUT2D eigenvalue weighted by atomic mass is 16.2. The van der Waals surface area contributed by atoms with Crippen LogP contribution in [0.2, 0.25) is 0 Å². The second-order valence-electron chi connectivity index (χ2n) is 5.34. The molecule has 2 aromatic rings. The van der Waals surface area contributed by atoms with E-state index in [0.29, 0.717) is 0 Å². The van der Waals surface area contributed by atoms with E-state index >= 15 is 0 Å². The van der Waals surface area contributed by atoms with Gasteiger partial charge in [0.2, 0.25) is 5.91 Å². The molecule has 3 heteroatoms. The summed E-state index contributed by atoms with van der Waals surface area (Å²) in [5.41, 5.74) is 4.19. The number of para-hydroxylation sites is 1. The minimum atomic E-state index is -0.244. The number of anilines is 2. The van der Waals surface area contributed by atoms with E-state index in [2.05, 4.69) is 42.7 Å². The zero-order valence-electron chi connectivity index (χ0n) is 12.8. The largest absolute Gasteiger partial charge is 0.374 e. The van der Waals surface area contributed by atoms with Gasteiger partial charge in [-0.1, -0.05) is 31.2 Å². The molecule has 21 heavy (non-hydrogen) atoms. The number of nitrogens with one attached hydrogen (secondary N) is 2. The fraction of sp³-hybridized carbons (Fsp3) is 0.278. The second kappa shape index (κ2) is 6.93. The van der Waals surface area contributed by atoms with Crippen molar-refractivity contribution >= 4 is 17.3 Å². The monoisotopic (exact) mass is 282 g/mol. The Labute approximate surface area is 126 Å². The summed E-state index contributed by atoms with van der Waals surface area (Å²) in [6.07, 6.45) is 0.728. The molecule has 0 heterocycles. The van der Waals surface area contributed by atoms with Crippen molar-refractivity contribution in [1.82, 2.24) is 0 Å². The average molecular weight is 282 g/mol. The van der Waals surface area contributed by atoms with Crippen molar-refractivity contribution in [3.8, 4) is 0 Å². The summed E-state index contributed by atoms with van der Waals surface area (Å²) < 4.78 is 0. The quantitative estimate of drug-likeness (QED) is 0.865. The van der Waals surface area contributed by atoms with Crippen molar-refractivity contribution in [2.45, 2.75) is 33.2 Å². The lowest BCUT2D eigenvalue weighted by Crippen LogP contribution is -2.34. The Morgan fingerprint density at radius 2 is 1.62 bits per heavy atom. The number of hydrogen-bond donors (Lipinski definition) is 2. The van der Waals surface area contributed by atoms with E-state index in [1.165, 1.54) is 11.1 Å². The zero-order chi connectivity index (χ0) is 15.2. The summed E-state index contributed by atoms with van der Waals surface area (Å²) >= 11 is 0. The van der Waals surface area contributed by atoms with Crippen LogP contribution in [0.5, 0.6) is 0 Å². The van der Waals surface area contributed by atoms with E-state index in [9.17, 15) is 4.79 Å². The van der Waals surface area contributed by atoms with Crippen LogP contribution in [0, 0.1) is 13.8 Å². The first-order chi connectivity index (χ1) is 10.1. The topological polar surface area (TPSA) is 41.1 Å². The molecule has 0 aliphatic rings. The molecule has 0 fully saturated rings. The maximum absolute atomic E-state index is 12.3. The molecule has 0 aliphatic heterocycles. The molecule has 0 bridgehead atoms. The van der Waals surface area contributed by atoms with Gasteiger partial charge in [0.1, 0.15) is 6.04 Å². The van der Waals surface area contributed by atoms with Crippen molar-refractivity contribution in [3.05, 3.63) is 59.7 Å². The summed E-state index contributed by atoms with van der Waals surface area (Å²) in [5, 5.41) is 6.26. The highest BCUT2D eigenvalue weighted by Gasteiger charge is 2.16. The average Bonchev–Trinajstić information content (AvgIpc) is 2.44. The molecule has 0 aliphatic carbocycles. The summed E-state index contributed by atoms with van der Waals surface area (Å²) in [6, 6.07) is 15.5. The summed E-state index contributed by atoms with van der Waals surface area (Å²) in [7, 11) is 0. The molecule has 0 radical (unpaired) electrons. The summed E-state index contributed by atoms with van der Waals surface area (Å²) in [5.74, 6) is -0.0112. The number of rotatable bonds is 5. The Kier molecular flexibility index (Phi) is 4.99. The van der Waals surface area contributed by atoms with Gasteiger partial charge in [0, 0.05) is 11.4 Å². The maximum Gasteiger partial charge on any atom is 0.246 e. The van der Waals surface area contributed by atoms with E-state index in [-0.39, 0.29) is 11.9 Å². The van der Waals surface area contributed by atoms with Crippen LogP contribution in [0.25, 0.3) is 0 Å². The van der Waals surface area contributed by atoms with E-state index in [1.807, 2.05) is 37.3 Å². The Bertz CT molecular complexity index is 588. The van der Waals surface area contributed by atoms with Gasteiger partial charge in [-0.3, -0.25) is 4.79 Å². The van der Waals surface area contributed by atoms with Gasteiger partial charge in [-0.25, -0.2) is 0 Å². The van der Waals surface area contributed by atoms with Gasteiger partial charge in [-0.15, -0.1) is 0 Å². The first-order valence-corrected chi connectivity index (χ1v) is 7.29. The van der Waals surface area contributed by atoms with Crippen molar-refractivity contribution in [3.63, 3.8) is 0 Å². The van der Waals surface area contributed by atoms with Gasteiger partial charge in [0.15, 0.2) is 0 Å². The predicted molar refractivity (Wildman–Crippen MR) is 88.7 cm³/mol. The molecule has 3 nitrogen and oxygen atoms in total. The summed E-state index contributed by atoms with van der Waals surface area (Å²) in [6.45, 7) is 6.12. The highest BCUT2D eigenvalue weighted by molar-refractivity contribution is 5.96. The van der Waals surface area contributed by atoms with Gasteiger partial charge in [0.25, 0.3) is 0 Å². The smallest absolute Gasteiger partial charge is 0.246 e. The molecule has 0 saturated carbocycles. The van der Waals surface area contributed by atoms with E-state index in [4.69, 9.17) is 0 Å². The third-order valence-corrected chi connectivity index (χ3v) is 3.33. The molecule has 1 atom stereocenters. The first kappa shape index (κ1) is 15.1. The van der Waals surface area contributed by atoms with E-state index in [0.717, 1.165) is 17.8 Å². The third-order valence-electron chi connectivity index (χ3n) is 3.33. The van der Waals surface area contributed by atoms with Crippen LogP contribution in [-0.4, -0.2) is 11.9 Å². The number of carbonyl (C=O) groups excluding carboxylic acids is 1. The molecule has 1 amide bonds. The molecular formula is C18H22N2O. The third kappa shape index (κ3) is 4.35. The predicted octanol–water partition coefficient (Wildman–Crippen LogP) is 4.13. The lowest BCUT2D eigenvalue weighted by Gasteiger charge is -2.18. The molecular weight excluding hydrogens is 260 g/mol. The molecule has 110 valence electrons. The van der Waals surface area contributed by atoms with Crippen LogP contribution in [0.4, 0.5) is 11.4 Å². The number of benzene rings is 2. The molecule has 2 rings (SSSR count). The second-order valence-corrected chi connectivity index (χ2v) is 5.34. The van der Waals surface area contributed by atoms with Crippen molar-refractivity contribution in [2.75, 3.05) is 10.6 Å². The summed E-state index contributed by atoms with van der Waals surface area (Å²) in [4.78, 5) is 12.3. The molecule has 0 unspecified atom stereocenters. The minimum Gasteiger partial charge on any atom is -0.374 e. The number of carbonyl (C=O) groups is 1. The molecule has 2 N–H and O–H groups in total. The van der Waals surface area contributed by atoms with Crippen molar-refractivity contribution < 1.29 is 4.79 Å². The molecule has 2 aromatic carbocycles. The van der Waals surface area contributed by atoms with Crippen molar-refractivity contribution in [2.24, 2.45) is 0 Å². The highest BCUT2D eigenvalue weighted by Crippen LogP contribution is 2.16. The van der Waals surface area contributed by atoms with E-state index < -0.39 is 0 Å². The van der Waals surface area contributed by atoms with Gasteiger partial charge in [-0.05, 0) is 55.7 Å². The maximum atomic E-state index is 12.3.